The van der Waals surface area contributed by atoms with E-state index in [1.165, 1.54) is 24.3 Å². The van der Waals surface area contributed by atoms with Crippen LogP contribution in [0.4, 0.5) is 5.82 Å². The Bertz CT molecular complexity index is 253. The minimum Gasteiger partial charge on any atom is -0.384 e. The van der Waals surface area contributed by atoms with Crippen LogP contribution in [-0.4, -0.2) is 21.3 Å². The lowest BCUT2D eigenvalue weighted by molar-refractivity contribution is 0.433. The number of rotatable bonds is 1. The van der Waals surface area contributed by atoms with Crippen LogP contribution in [0.1, 0.15) is 18.9 Å². The second-order valence-electron chi connectivity index (χ2n) is 3.04. The van der Waals surface area contributed by atoms with Gasteiger partial charge in [-0.3, -0.25) is 0 Å². The second-order valence-corrected chi connectivity index (χ2v) is 4.27. The number of hydrogen-bond acceptors (Lipinski definition) is 3. The highest BCUT2D eigenvalue weighted by atomic mass is 32.2. The summed E-state index contributed by atoms with van der Waals surface area (Å²) in [4.78, 5) is 0. The molecule has 0 spiro atoms. The van der Waals surface area contributed by atoms with Gasteiger partial charge in [0.1, 0.15) is 5.82 Å². The van der Waals surface area contributed by atoms with E-state index in [2.05, 4.69) is 5.10 Å². The number of nitrogens with two attached hydrogens (primary N) is 1. The first-order valence-electron chi connectivity index (χ1n) is 4.24. The molecule has 1 saturated heterocycles. The van der Waals surface area contributed by atoms with E-state index in [-0.39, 0.29) is 0 Å². The van der Waals surface area contributed by atoms with Crippen molar-refractivity contribution in [2.75, 3.05) is 17.2 Å². The number of thioether (sulfide) groups is 1. The van der Waals surface area contributed by atoms with Crippen molar-refractivity contribution in [2.24, 2.45) is 0 Å². The Morgan fingerprint density at radius 3 is 2.83 bits per heavy atom. The lowest BCUT2D eigenvalue weighted by Crippen LogP contribution is -2.17. The smallest absolute Gasteiger partial charge is 0.121 e. The van der Waals surface area contributed by atoms with E-state index in [1.807, 2.05) is 22.5 Å². The van der Waals surface area contributed by atoms with E-state index in [9.17, 15) is 0 Å². The first-order valence-corrected chi connectivity index (χ1v) is 5.40. The van der Waals surface area contributed by atoms with Gasteiger partial charge in [-0.25, -0.2) is 4.68 Å². The summed E-state index contributed by atoms with van der Waals surface area (Å²) in [6, 6.07) is 2.41. The zero-order valence-corrected chi connectivity index (χ0v) is 7.76. The van der Waals surface area contributed by atoms with Crippen molar-refractivity contribution in [3.05, 3.63) is 12.3 Å². The summed E-state index contributed by atoms with van der Waals surface area (Å²) in [6.07, 6.45) is 4.18. The van der Waals surface area contributed by atoms with Crippen LogP contribution in [0, 0.1) is 0 Å². The van der Waals surface area contributed by atoms with Gasteiger partial charge in [0.15, 0.2) is 0 Å². The standard InChI is InChI=1S/C8H13N3S/c9-8-1-4-10-11(8)7-2-5-12-6-3-7/h1,4,7H,2-3,5-6,9H2. The maximum Gasteiger partial charge on any atom is 0.121 e. The topological polar surface area (TPSA) is 43.8 Å². The number of nitrogen functional groups attached to an aromatic ring is 1. The normalized spacial score (nSPS) is 19.7. The molecular weight excluding hydrogens is 170 g/mol. The molecule has 1 fully saturated rings. The molecule has 1 aliphatic rings. The fourth-order valence-electron chi connectivity index (χ4n) is 1.56. The molecule has 2 rings (SSSR count). The molecule has 4 heteroatoms. The first-order chi connectivity index (χ1) is 5.88. The van der Waals surface area contributed by atoms with Crippen LogP contribution in [0.25, 0.3) is 0 Å². The molecule has 2 heterocycles. The van der Waals surface area contributed by atoms with Crippen molar-refractivity contribution >= 4 is 17.6 Å². The van der Waals surface area contributed by atoms with Crippen molar-refractivity contribution in [2.45, 2.75) is 18.9 Å². The van der Waals surface area contributed by atoms with E-state index in [0.29, 0.717) is 6.04 Å². The van der Waals surface area contributed by atoms with E-state index >= 15 is 0 Å². The molecule has 0 atom stereocenters. The third kappa shape index (κ3) is 1.43. The van der Waals surface area contributed by atoms with Crippen molar-refractivity contribution < 1.29 is 0 Å². The van der Waals surface area contributed by atoms with Gasteiger partial charge in [0, 0.05) is 0 Å². The van der Waals surface area contributed by atoms with Gasteiger partial charge < -0.3 is 5.73 Å². The van der Waals surface area contributed by atoms with Gasteiger partial charge in [-0.1, -0.05) is 0 Å². The molecule has 3 nitrogen and oxygen atoms in total. The summed E-state index contributed by atoms with van der Waals surface area (Å²) in [5, 5.41) is 4.22. The molecule has 0 amide bonds. The summed E-state index contributed by atoms with van der Waals surface area (Å²) in [5.74, 6) is 3.28. The Kier molecular flexibility index (Phi) is 2.26. The van der Waals surface area contributed by atoms with Crippen molar-refractivity contribution in [3.8, 4) is 0 Å². The molecule has 1 aromatic heterocycles. The highest BCUT2D eigenvalue weighted by Gasteiger charge is 2.16. The van der Waals surface area contributed by atoms with Crippen molar-refractivity contribution in [3.63, 3.8) is 0 Å². The number of hydrogen-bond donors (Lipinski definition) is 1. The summed E-state index contributed by atoms with van der Waals surface area (Å²) in [5.41, 5.74) is 5.77. The van der Waals surface area contributed by atoms with Gasteiger partial charge in [0.2, 0.25) is 0 Å². The van der Waals surface area contributed by atoms with Crippen molar-refractivity contribution in [1.29, 1.82) is 0 Å². The predicted octanol–water partition coefficient (Wildman–Crippen LogP) is 1.53. The lowest BCUT2D eigenvalue weighted by Gasteiger charge is -2.22. The Hall–Kier alpha value is -0.640. The monoisotopic (exact) mass is 183 g/mol. The Morgan fingerprint density at radius 1 is 1.50 bits per heavy atom. The maximum atomic E-state index is 5.77. The van der Waals surface area contributed by atoms with Crippen molar-refractivity contribution in [1.82, 2.24) is 9.78 Å². The average molecular weight is 183 g/mol. The third-order valence-corrected chi connectivity index (χ3v) is 3.29. The maximum absolute atomic E-state index is 5.77. The van der Waals surface area contributed by atoms with Crippen LogP contribution in [-0.2, 0) is 0 Å². The summed E-state index contributed by atoms with van der Waals surface area (Å²) < 4.78 is 1.96. The quantitative estimate of drug-likeness (QED) is 0.718. The minimum absolute atomic E-state index is 0.543. The highest BCUT2D eigenvalue weighted by Crippen LogP contribution is 2.27. The molecule has 0 aromatic carbocycles. The molecule has 0 saturated carbocycles. The molecular formula is C8H13N3S. The first kappa shape index (κ1) is 7.98. The molecule has 0 unspecified atom stereocenters. The SMILES string of the molecule is Nc1ccnn1C1CCSCC1. The zero-order valence-electron chi connectivity index (χ0n) is 6.94. The van der Waals surface area contributed by atoms with Crippen LogP contribution in [0.5, 0.6) is 0 Å². The van der Waals surface area contributed by atoms with Gasteiger partial charge in [0.05, 0.1) is 12.2 Å². The minimum atomic E-state index is 0.543. The molecule has 1 aliphatic heterocycles. The van der Waals surface area contributed by atoms with Crippen LogP contribution in [0.15, 0.2) is 12.3 Å². The van der Waals surface area contributed by atoms with Gasteiger partial charge in [-0.15, -0.1) is 0 Å². The number of anilines is 1. The lowest BCUT2D eigenvalue weighted by atomic mass is 10.2. The number of nitrogens with zero attached hydrogens (tertiary/aromatic N) is 2. The third-order valence-electron chi connectivity index (χ3n) is 2.24. The Morgan fingerprint density at radius 2 is 2.25 bits per heavy atom. The molecule has 66 valence electrons. The van der Waals surface area contributed by atoms with Gasteiger partial charge in [0.25, 0.3) is 0 Å². The molecule has 0 radical (unpaired) electrons. The van der Waals surface area contributed by atoms with E-state index in [0.717, 1.165) is 5.82 Å². The van der Waals surface area contributed by atoms with Crippen LogP contribution in [0.2, 0.25) is 0 Å². The summed E-state index contributed by atoms with van der Waals surface area (Å²) >= 11 is 2.02. The summed E-state index contributed by atoms with van der Waals surface area (Å²) in [7, 11) is 0. The van der Waals surface area contributed by atoms with Crippen LogP contribution < -0.4 is 5.73 Å². The predicted molar refractivity (Wildman–Crippen MR) is 52.2 cm³/mol. The molecule has 12 heavy (non-hydrogen) atoms. The average Bonchev–Trinajstić information content (AvgIpc) is 2.53. The van der Waals surface area contributed by atoms with E-state index < -0.39 is 0 Å². The number of aromatic nitrogens is 2. The molecule has 0 bridgehead atoms. The van der Waals surface area contributed by atoms with E-state index in [4.69, 9.17) is 5.73 Å². The largest absolute Gasteiger partial charge is 0.384 e. The summed E-state index contributed by atoms with van der Waals surface area (Å²) in [6.45, 7) is 0. The molecule has 0 aliphatic carbocycles. The Labute approximate surface area is 76.3 Å². The fraction of sp³-hybridized carbons (Fsp3) is 0.625. The van der Waals surface area contributed by atoms with E-state index in [1.54, 1.807) is 6.20 Å². The van der Waals surface area contributed by atoms with Gasteiger partial charge in [-0.2, -0.15) is 16.9 Å². The van der Waals surface area contributed by atoms with Crippen LogP contribution >= 0.6 is 11.8 Å². The highest BCUT2D eigenvalue weighted by molar-refractivity contribution is 7.99. The van der Waals surface area contributed by atoms with Gasteiger partial charge >= 0.3 is 0 Å². The zero-order chi connectivity index (χ0) is 8.39. The van der Waals surface area contributed by atoms with Gasteiger partial charge in [-0.05, 0) is 30.4 Å². The fourth-order valence-corrected chi connectivity index (χ4v) is 2.64. The second kappa shape index (κ2) is 3.39. The molecule has 1 aromatic rings. The Balaban J connectivity index is 2.13. The van der Waals surface area contributed by atoms with Crippen LogP contribution in [0.3, 0.4) is 0 Å². The molecule has 2 N–H and O–H groups in total.